The normalized spacial score (nSPS) is 15.5. The molecule has 1 aliphatic heterocycles. The van der Waals surface area contributed by atoms with Gasteiger partial charge in [0, 0.05) is 17.8 Å². The first-order chi connectivity index (χ1) is 15.9. The van der Waals surface area contributed by atoms with E-state index in [4.69, 9.17) is 0 Å². The highest BCUT2D eigenvalue weighted by atomic mass is 16.2. The van der Waals surface area contributed by atoms with Crippen molar-refractivity contribution < 1.29 is 9.59 Å². The Kier molecular flexibility index (Phi) is 6.50. The molecule has 5 nitrogen and oxygen atoms in total. The molecule has 3 amide bonds. The quantitative estimate of drug-likeness (QED) is 0.485. The second kappa shape index (κ2) is 9.49. The van der Waals surface area contributed by atoms with Gasteiger partial charge in [0.05, 0.1) is 5.69 Å². The second-order valence-electron chi connectivity index (χ2n) is 9.11. The number of carbonyl (C=O) groups is 2. The van der Waals surface area contributed by atoms with Crippen LogP contribution in [0.15, 0.2) is 72.8 Å². The van der Waals surface area contributed by atoms with Gasteiger partial charge in [-0.3, -0.25) is 9.69 Å². The summed E-state index contributed by atoms with van der Waals surface area (Å²) in [5, 5.41) is 6.02. The van der Waals surface area contributed by atoms with Crippen LogP contribution in [-0.2, 0) is 11.2 Å². The molecular weight excluding hydrogens is 410 g/mol. The molecule has 0 aromatic heterocycles. The van der Waals surface area contributed by atoms with Crippen molar-refractivity contribution >= 4 is 29.0 Å². The highest BCUT2D eigenvalue weighted by molar-refractivity contribution is 6.08. The van der Waals surface area contributed by atoms with Crippen LogP contribution in [0.5, 0.6) is 0 Å². The second-order valence-corrected chi connectivity index (χ2v) is 9.11. The lowest BCUT2D eigenvalue weighted by Gasteiger charge is -2.34. The first-order valence-electron chi connectivity index (χ1n) is 11.5. The number of hydrogen-bond acceptors (Lipinski definition) is 2. The number of nitrogens with zero attached hydrogens (tertiary/aromatic N) is 1. The zero-order chi connectivity index (χ0) is 23.5. The molecule has 1 unspecified atom stereocenters. The zero-order valence-electron chi connectivity index (χ0n) is 19.6. The van der Waals surface area contributed by atoms with Gasteiger partial charge in [-0.25, -0.2) is 4.79 Å². The summed E-state index contributed by atoms with van der Waals surface area (Å²) in [6.45, 7) is 8.45. The number of benzene rings is 3. The van der Waals surface area contributed by atoms with Crippen molar-refractivity contribution in [2.24, 2.45) is 0 Å². The molecule has 1 atom stereocenters. The van der Waals surface area contributed by atoms with E-state index in [1.165, 1.54) is 0 Å². The fraction of sp³-hybridized carbons (Fsp3) is 0.286. The number of anilines is 3. The van der Waals surface area contributed by atoms with Gasteiger partial charge in [0.25, 0.3) is 5.91 Å². The van der Waals surface area contributed by atoms with Gasteiger partial charge in [-0.15, -0.1) is 0 Å². The molecule has 0 spiro atoms. The first-order valence-corrected chi connectivity index (χ1v) is 11.5. The van der Waals surface area contributed by atoms with Crippen LogP contribution in [0.4, 0.5) is 21.9 Å². The molecule has 0 radical (unpaired) electrons. The predicted molar refractivity (Wildman–Crippen MR) is 134 cm³/mol. The number of carbonyl (C=O) groups excluding carboxylic acids is 2. The largest absolute Gasteiger partial charge is 0.326 e. The third-order valence-corrected chi connectivity index (χ3v) is 6.11. The molecule has 0 saturated carbocycles. The molecule has 1 heterocycles. The lowest BCUT2D eigenvalue weighted by molar-refractivity contribution is -0.119. The molecule has 3 aromatic rings. The van der Waals surface area contributed by atoms with Crippen LogP contribution >= 0.6 is 0 Å². The van der Waals surface area contributed by atoms with Gasteiger partial charge in [-0.1, -0.05) is 82.3 Å². The van der Waals surface area contributed by atoms with Gasteiger partial charge in [-0.05, 0) is 46.7 Å². The van der Waals surface area contributed by atoms with Crippen LogP contribution in [0.2, 0.25) is 0 Å². The zero-order valence-corrected chi connectivity index (χ0v) is 19.6. The molecule has 170 valence electrons. The maximum atomic E-state index is 13.5. The van der Waals surface area contributed by atoms with Crippen LogP contribution < -0.4 is 15.5 Å². The third-order valence-electron chi connectivity index (χ3n) is 6.11. The van der Waals surface area contributed by atoms with Crippen molar-refractivity contribution in [2.45, 2.75) is 52.0 Å². The van der Waals surface area contributed by atoms with Crippen LogP contribution in [0.3, 0.4) is 0 Å². The number of fused-ring (bicyclic) bond motifs is 1. The Balaban J connectivity index is 1.62. The van der Waals surface area contributed by atoms with Crippen molar-refractivity contribution in [3.63, 3.8) is 0 Å². The van der Waals surface area contributed by atoms with Gasteiger partial charge in [0.2, 0.25) is 0 Å². The minimum atomic E-state index is -0.659. The summed E-state index contributed by atoms with van der Waals surface area (Å²) < 4.78 is 0. The fourth-order valence-electron chi connectivity index (χ4n) is 4.44. The van der Waals surface area contributed by atoms with Crippen molar-refractivity contribution in [3.05, 3.63) is 89.5 Å². The Labute approximate surface area is 195 Å². The van der Waals surface area contributed by atoms with Crippen LogP contribution in [0.1, 0.15) is 56.2 Å². The topological polar surface area (TPSA) is 61.4 Å². The summed E-state index contributed by atoms with van der Waals surface area (Å²) in [5.74, 6) is 0.378. The fourth-order valence-corrected chi connectivity index (χ4v) is 4.44. The standard InChI is InChI=1S/C28H31N3O2/c1-18(2)22-14-10-15-23(19(3)4)26(22)30-28(33)29-24-17-20-11-8-9-16-25(20)31(27(24)32)21-12-6-5-7-13-21/h5-16,18-19,24H,17H2,1-4H3,(H2,29,30,33). The molecule has 0 saturated heterocycles. The van der Waals surface area contributed by atoms with E-state index in [9.17, 15) is 9.59 Å². The Bertz CT molecular complexity index is 1130. The average Bonchev–Trinajstić information content (AvgIpc) is 2.80. The lowest BCUT2D eigenvalue weighted by atomic mass is 9.92. The van der Waals surface area contributed by atoms with Crippen molar-refractivity contribution in [1.29, 1.82) is 0 Å². The number of nitrogens with one attached hydrogen (secondary N) is 2. The molecule has 0 fully saturated rings. The maximum absolute atomic E-state index is 13.5. The summed E-state index contributed by atoms with van der Waals surface area (Å²) in [6, 6.07) is 22.5. The minimum absolute atomic E-state index is 0.142. The highest BCUT2D eigenvalue weighted by Gasteiger charge is 2.34. The van der Waals surface area contributed by atoms with Crippen molar-refractivity contribution in [2.75, 3.05) is 10.2 Å². The van der Waals surface area contributed by atoms with Gasteiger partial charge in [0.15, 0.2) is 0 Å². The van der Waals surface area contributed by atoms with Crippen LogP contribution in [-0.4, -0.2) is 18.0 Å². The smallest absolute Gasteiger partial charge is 0.319 e. The Morgan fingerprint density at radius 3 is 2.09 bits per heavy atom. The Hall–Kier alpha value is -3.60. The third kappa shape index (κ3) is 4.63. The van der Waals surface area contributed by atoms with E-state index in [1.807, 2.05) is 72.8 Å². The SMILES string of the molecule is CC(C)c1cccc(C(C)C)c1NC(=O)NC1Cc2ccccc2N(c2ccccc2)C1=O. The van der Waals surface area contributed by atoms with Gasteiger partial charge < -0.3 is 10.6 Å². The van der Waals surface area contributed by atoms with E-state index in [1.54, 1.807) is 4.90 Å². The molecule has 3 aromatic carbocycles. The predicted octanol–water partition coefficient (Wildman–Crippen LogP) is 6.34. The molecule has 33 heavy (non-hydrogen) atoms. The van der Waals surface area contributed by atoms with Gasteiger partial charge in [-0.2, -0.15) is 0 Å². The molecule has 0 bridgehead atoms. The first kappa shape index (κ1) is 22.6. The van der Waals surface area contributed by atoms with Crippen LogP contribution in [0.25, 0.3) is 0 Å². The van der Waals surface area contributed by atoms with E-state index in [2.05, 4.69) is 38.3 Å². The summed E-state index contributed by atoms with van der Waals surface area (Å²) in [6.07, 6.45) is 0.453. The maximum Gasteiger partial charge on any atom is 0.319 e. The number of rotatable bonds is 5. The van der Waals surface area contributed by atoms with Gasteiger partial charge >= 0.3 is 6.03 Å². The summed E-state index contributed by atoms with van der Waals surface area (Å²) in [7, 11) is 0. The van der Waals surface area contributed by atoms with Crippen molar-refractivity contribution in [1.82, 2.24) is 5.32 Å². The Morgan fingerprint density at radius 1 is 0.848 bits per heavy atom. The van der Waals surface area contributed by atoms with E-state index >= 15 is 0 Å². The van der Waals surface area contributed by atoms with E-state index in [-0.39, 0.29) is 23.8 Å². The van der Waals surface area contributed by atoms with E-state index in [0.717, 1.165) is 33.8 Å². The highest BCUT2D eigenvalue weighted by Crippen LogP contribution is 2.35. The van der Waals surface area contributed by atoms with E-state index < -0.39 is 6.04 Å². The number of urea groups is 1. The monoisotopic (exact) mass is 441 g/mol. The summed E-state index contributed by atoms with van der Waals surface area (Å²) in [5.41, 5.74) is 5.68. The van der Waals surface area contributed by atoms with Crippen molar-refractivity contribution in [3.8, 4) is 0 Å². The summed E-state index contributed by atoms with van der Waals surface area (Å²) >= 11 is 0. The number of para-hydroxylation sites is 3. The number of amides is 3. The van der Waals surface area contributed by atoms with Gasteiger partial charge in [0.1, 0.15) is 6.04 Å². The number of hydrogen-bond donors (Lipinski definition) is 2. The molecule has 1 aliphatic rings. The lowest BCUT2D eigenvalue weighted by Crippen LogP contribution is -2.52. The Morgan fingerprint density at radius 2 is 1.45 bits per heavy atom. The molecular formula is C28H31N3O2. The molecule has 4 rings (SSSR count). The van der Waals surface area contributed by atoms with E-state index in [0.29, 0.717) is 6.42 Å². The minimum Gasteiger partial charge on any atom is -0.326 e. The molecule has 0 aliphatic carbocycles. The molecule has 2 N–H and O–H groups in total. The average molecular weight is 442 g/mol. The summed E-state index contributed by atoms with van der Waals surface area (Å²) in [4.78, 5) is 28.3. The molecule has 5 heteroatoms. The van der Waals surface area contributed by atoms with Crippen LogP contribution in [0, 0.1) is 0 Å².